The number of phosphoric ester groups is 1. The average Bonchev–Trinajstić information content (AvgIpc) is 2.49. The van der Waals surface area contributed by atoms with Crippen molar-refractivity contribution in [3.63, 3.8) is 0 Å². The van der Waals surface area contributed by atoms with Crippen LogP contribution in [0.5, 0.6) is 0 Å². The minimum absolute atomic E-state index is 0. The van der Waals surface area contributed by atoms with E-state index >= 15 is 0 Å². The Morgan fingerprint density at radius 1 is 0.667 bits per heavy atom. The van der Waals surface area contributed by atoms with E-state index in [1.807, 2.05) is 0 Å². The number of phosphoric acid groups is 1. The SMILES string of the molecule is CCCCCCCCCCCCCCCCCCOP(=O)(O)O.[H-].[H-].[Mg+2]. The zero-order valence-corrected chi connectivity index (χ0v) is 18.2. The van der Waals surface area contributed by atoms with Gasteiger partial charge < -0.3 is 12.6 Å². The summed E-state index contributed by atoms with van der Waals surface area (Å²) >= 11 is 0. The number of rotatable bonds is 18. The molecule has 0 atom stereocenters. The summed E-state index contributed by atoms with van der Waals surface area (Å²) in [6, 6.07) is 0. The van der Waals surface area contributed by atoms with Gasteiger partial charge in [0.05, 0.1) is 6.61 Å². The van der Waals surface area contributed by atoms with Gasteiger partial charge in [0.25, 0.3) is 0 Å². The topological polar surface area (TPSA) is 66.8 Å². The van der Waals surface area contributed by atoms with Crippen LogP contribution in [0, 0.1) is 0 Å². The molecule has 2 N–H and O–H groups in total. The largest absolute Gasteiger partial charge is 2.00 e. The van der Waals surface area contributed by atoms with Gasteiger partial charge in [-0.1, -0.05) is 103 Å². The molecule has 0 aromatic carbocycles. The van der Waals surface area contributed by atoms with Crippen LogP contribution in [-0.4, -0.2) is 39.4 Å². The van der Waals surface area contributed by atoms with Gasteiger partial charge in [-0.25, -0.2) is 4.57 Å². The fraction of sp³-hybridized carbons (Fsp3) is 1.00. The number of hydrogen-bond acceptors (Lipinski definition) is 2. The van der Waals surface area contributed by atoms with Gasteiger partial charge in [-0.05, 0) is 6.42 Å². The standard InChI is InChI=1S/C18H39O4P.Mg.2H/c1-2-3-4-5-6-7-8-9-10-11-12-13-14-15-16-17-18-22-23(19,20)21;;;/h2-18H2,1H3,(H2,19,20,21);;;/q;+2;2*-1. The van der Waals surface area contributed by atoms with E-state index in [0.29, 0.717) is 0 Å². The van der Waals surface area contributed by atoms with Crippen molar-refractivity contribution in [2.75, 3.05) is 6.61 Å². The van der Waals surface area contributed by atoms with Crippen molar-refractivity contribution >= 4 is 30.9 Å². The van der Waals surface area contributed by atoms with Crippen LogP contribution in [0.4, 0.5) is 0 Å². The van der Waals surface area contributed by atoms with Crippen molar-refractivity contribution in [1.82, 2.24) is 0 Å². The van der Waals surface area contributed by atoms with Gasteiger partial charge in [0.15, 0.2) is 0 Å². The molecule has 0 aliphatic rings. The van der Waals surface area contributed by atoms with Gasteiger partial charge in [0.1, 0.15) is 0 Å². The smallest absolute Gasteiger partial charge is 1.00 e. The van der Waals surface area contributed by atoms with Crippen molar-refractivity contribution in [3.8, 4) is 0 Å². The van der Waals surface area contributed by atoms with Crippen molar-refractivity contribution < 1.29 is 21.7 Å². The summed E-state index contributed by atoms with van der Waals surface area (Å²) in [7, 11) is -4.26. The molecule has 0 heterocycles. The van der Waals surface area contributed by atoms with Gasteiger partial charge in [-0.3, -0.25) is 4.52 Å². The Labute approximate surface area is 168 Å². The summed E-state index contributed by atoms with van der Waals surface area (Å²) in [5.41, 5.74) is 0. The zero-order chi connectivity index (χ0) is 17.2. The molecule has 0 fully saturated rings. The molecule has 24 heavy (non-hydrogen) atoms. The predicted molar refractivity (Wildman–Crippen MR) is 106 cm³/mol. The fourth-order valence-corrected chi connectivity index (χ4v) is 3.20. The predicted octanol–water partition coefficient (Wildman–Crippen LogP) is 6.20. The van der Waals surface area contributed by atoms with Crippen LogP contribution in [-0.2, 0) is 9.09 Å². The Balaban J connectivity index is -0.000000807. The van der Waals surface area contributed by atoms with Crippen LogP contribution in [0.1, 0.15) is 113 Å². The van der Waals surface area contributed by atoms with Gasteiger partial charge in [0, 0.05) is 0 Å². The molecule has 0 aromatic rings. The number of unbranched alkanes of at least 4 members (excludes halogenated alkanes) is 15. The molecule has 0 unspecified atom stereocenters. The monoisotopic (exact) mass is 376 g/mol. The van der Waals surface area contributed by atoms with Crippen LogP contribution in [0.25, 0.3) is 0 Å². The molecule has 0 aromatic heterocycles. The molecule has 0 amide bonds. The molecule has 0 saturated heterocycles. The second kappa shape index (κ2) is 20.2. The van der Waals surface area contributed by atoms with Gasteiger partial charge >= 0.3 is 30.9 Å². The third kappa shape index (κ3) is 25.1. The average molecular weight is 377 g/mol. The molecular formula is C18H41MgO4P. The van der Waals surface area contributed by atoms with E-state index in [0.717, 1.165) is 19.3 Å². The molecule has 0 bridgehead atoms. The first-order valence-corrected chi connectivity index (χ1v) is 11.3. The summed E-state index contributed by atoms with van der Waals surface area (Å²) < 4.78 is 14.9. The Hall–Kier alpha value is 0.876. The minimum Gasteiger partial charge on any atom is -1.00 e. The first-order valence-electron chi connectivity index (χ1n) is 9.76. The van der Waals surface area contributed by atoms with E-state index in [1.54, 1.807) is 0 Å². The first-order chi connectivity index (χ1) is 11.1. The molecule has 0 radical (unpaired) electrons. The van der Waals surface area contributed by atoms with E-state index < -0.39 is 7.82 Å². The summed E-state index contributed by atoms with van der Waals surface area (Å²) in [4.78, 5) is 17.1. The molecule has 4 nitrogen and oxygen atoms in total. The van der Waals surface area contributed by atoms with E-state index in [2.05, 4.69) is 11.4 Å². The second-order valence-corrected chi connectivity index (χ2v) is 7.87. The minimum atomic E-state index is -4.26. The van der Waals surface area contributed by atoms with Crippen LogP contribution in [0.3, 0.4) is 0 Å². The maximum atomic E-state index is 10.5. The van der Waals surface area contributed by atoms with Gasteiger partial charge in [-0.2, -0.15) is 0 Å². The number of hydrogen-bond donors (Lipinski definition) is 2. The van der Waals surface area contributed by atoms with Crippen LogP contribution in [0.2, 0.25) is 0 Å². The first kappa shape index (κ1) is 27.1. The Kier molecular flexibility index (Phi) is 22.8. The van der Waals surface area contributed by atoms with Crippen molar-refractivity contribution in [2.45, 2.75) is 110 Å². The Bertz CT molecular complexity index is 294. The third-order valence-electron chi connectivity index (χ3n) is 4.26. The van der Waals surface area contributed by atoms with E-state index in [4.69, 9.17) is 9.79 Å². The molecule has 0 spiro atoms. The molecular weight excluding hydrogens is 335 g/mol. The summed E-state index contributed by atoms with van der Waals surface area (Å²) in [5.74, 6) is 0. The van der Waals surface area contributed by atoms with Crippen LogP contribution >= 0.6 is 7.82 Å². The molecule has 6 heteroatoms. The van der Waals surface area contributed by atoms with E-state index in [1.165, 1.54) is 83.5 Å². The maximum Gasteiger partial charge on any atom is 2.00 e. The Morgan fingerprint density at radius 3 is 1.25 bits per heavy atom. The van der Waals surface area contributed by atoms with E-state index in [-0.39, 0.29) is 32.5 Å². The van der Waals surface area contributed by atoms with Gasteiger partial charge in [-0.15, -0.1) is 0 Å². The normalized spacial score (nSPS) is 11.5. The molecule has 0 saturated carbocycles. The molecule has 0 rings (SSSR count). The summed E-state index contributed by atoms with van der Waals surface area (Å²) in [5, 5.41) is 0. The molecule has 144 valence electrons. The van der Waals surface area contributed by atoms with Crippen LogP contribution < -0.4 is 0 Å². The summed E-state index contributed by atoms with van der Waals surface area (Å²) in [6.07, 6.45) is 20.7. The maximum absolute atomic E-state index is 10.5. The zero-order valence-electron chi connectivity index (χ0n) is 17.9. The van der Waals surface area contributed by atoms with Crippen molar-refractivity contribution in [3.05, 3.63) is 0 Å². The quantitative estimate of drug-likeness (QED) is 0.170. The molecule has 0 aliphatic carbocycles. The summed E-state index contributed by atoms with van der Waals surface area (Å²) in [6.45, 7) is 2.43. The molecule has 0 aliphatic heterocycles. The van der Waals surface area contributed by atoms with Gasteiger partial charge in [0.2, 0.25) is 0 Å². The van der Waals surface area contributed by atoms with Crippen LogP contribution in [0.15, 0.2) is 0 Å². The van der Waals surface area contributed by atoms with Crippen molar-refractivity contribution in [2.24, 2.45) is 0 Å². The second-order valence-electron chi connectivity index (χ2n) is 6.63. The van der Waals surface area contributed by atoms with E-state index in [9.17, 15) is 4.57 Å². The Morgan fingerprint density at radius 2 is 0.958 bits per heavy atom. The van der Waals surface area contributed by atoms with Crippen molar-refractivity contribution in [1.29, 1.82) is 0 Å². The third-order valence-corrected chi connectivity index (χ3v) is 4.78. The fourth-order valence-electron chi connectivity index (χ4n) is 2.83.